The molecule has 0 unspecified atom stereocenters. The molecule has 0 amide bonds. The van der Waals surface area contributed by atoms with E-state index in [0.717, 1.165) is 0 Å². The molecule has 1 rings (SSSR count). The fourth-order valence-electron chi connectivity index (χ4n) is 1.27. The zero-order valence-corrected chi connectivity index (χ0v) is 9.07. The molecule has 0 aromatic carbocycles. The highest BCUT2D eigenvalue weighted by atomic mass is 19.3. The van der Waals surface area contributed by atoms with E-state index in [1.165, 1.54) is 4.90 Å². The van der Waals surface area contributed by atoms with Crippen LogP contribution in [0.3, 0.4) is 0 Å². The van der Waals surface area contributed by atoms with E-state index in [-0.39, 0.29) is 19.7 Å². The molecule has 16 heavy (non-hydrogen) atoms. The lowest BCUT2D eigenvalue weighted by Gasteiger charge is -2.18. The summed E-state index contributed by atoms with van der Waals surface area (Å²) in [4.78, 5) is 5.40. The van der Waals surface area contributed by atoms with Gasteiger partial charge in [-0.2, -0.15) is 4.98 Å². The van der Waals surface area contributed by atoms with Crippen LogP contribution in [-0.2, 0) is 13.0 Å². The summed E-state index contributed by atoms with van der Waals surface area (Å²) in [5.41, 5.74) is 0. The highest BCUT2D eigenvalue weighted by Gasteiger charge is 2.15. The van der Waals surface area contributed by atoms with Crippen LogP contribution in [0.1, 0.15) is 18.6 Å². The number of aliphatic hydroxyl groups is 1. The summed E-state index contributed by atoms with van der Waals surface area (Å²) >= 11 is 0. The van der Waals surface area contributed by atoms with Crippen LogP contribution >= 0.6 is 0 Å². The summed E-state index contributed by atoms with van der Waals surface area (Å²) in [5, 5.41) is 12.4. The summed E-state index contributed by atoms with van der Waals surface area (Å²) in [6.07, 6.45) is -1.83. The van der Waals surface area contributed by atoms with Crippen LogP contribution < -0.4 is 0 Å². The Kier molecular flexibility index (Phi) is 5.27. The Hall–Kier alpha value is -1.08. The van der Waals surface area contributed by atoms with Gasteiger partial charge in [0.05, 0.1) is 19.7 Å². The number of alkyl halides is 2. The molecule has 1 N–H and O–H groups in total. The van der Waals surface area contributed by atoms with E-state index in [1.807, 2.05) is 6.92 Å². The van der Waals surface area contributed by atoms with Gasteiger partial charge in [-0.15, -0.1) is 0 Å². The summed E-state index contributed by atoms with van der Waals surface area (Å²) in [6.45, 7) is 1.61. The molecular weight excluding hydrogens is 220 g/mol. The van der Waals surface area contributed by atoms with Gasteiger partial charge in [-0.1, -0.05) is 12.1 Å². The first-order valence-corrected chi connectivity index (χ1v) is 5.08. The van der Waals surface area contributed by atoms with Crippen molar-refractivity contribution in [2.24, 2.45) is 0 Å². The van der Waals surface area contributed by atoms with E-state index in [9.17, 15) is 8.78 Å². The Morgan fingerprint density at radius 3 is 2.75 bits per heavy atom. The number of nitrogens with zero attached hydrogens (tertiary/aromatic N) is 3. The Morgan fingerprint density at radius 2 is 2.25 bits per heavy atom. The molecule has 92 valence electrons. The van der Waals surface area contributed by atoms with Crippen molar-refractivity contribution in [2.45, 2.75) is 26.3 Å². The van der Waals surface area contributed by atoms with Crippen molar-refractivity contribution in [1.29, 1.82) is 0 Å². The van der Waals surface area contributed by atoms with Crippen LogP contribution in [-0.4, -0.2) is 46.3 Å². The first-order chi connectivity index (χ1) is 7.65. The average molecular weight is 235 g/mol. The second kappa shape index (κ2) is 6.49. The van der Waals surface area contributed by atoms with Gasteiger partial charge in [-0.3, -0.25) is 4.90 Å². The molecular formula is C9H15F2N3O2. The minimum Gasteiger partial charge on any atom is -0.395 e. The molecule has 0 saturated heterocycles. The maximum Gasteiger partial charge on any atom is 0.251 e. The zero-order valence-electron chi connectivity index (χ0n) is 9.07. The van der Waals surface area contributed by atoms with Gasteiger partial charge in [0.1, 0.15) is 0 Å². The topological polar surface area (TPSA) is 62.4 Å². The summed E-state index contributed by atoms with van der Waals surface area (Å²) in [7, 11) is 0. The van der Waals surface area contributed by atoms with Gasteiger partial charge in [-0.05, 0) is 0 Å². The van der Waals surface area contributed by atoms with E-state index >= 15 is 0 Å². The van der Waals surface area contributed by atoms with E-state index in [1.54, 1.807) is 0 Å². The maximum absolute atomic E-state index is 12.2. The zero-order chi connectivity index (χ0) is 12.0. The van der Waals surface area contributed by atoms with E-state index < -0.39 is 13.0 Å². The molecule has 0 saturated carbocycles. The molecule has 1 aromatic rings. The quantitative estimate of drug-likeness (QED) is 0.753. The van der Waals surface area contributed by atoms with E-state index in [0.29, 0.717) is 18.1 Å². The fraction of sp³-hybridized carbons (Fsp3) is 0.778. The maximum atomic E-state index is 12.2. The van der Waals surface area contributed by atoms with Crippen molar-refractivity contribution < 1.29 is 18.4 Å². The monoisotopic (exact) mass is 235 g/mol. The molecule has 0 fully saturated rings. The van der Waals surface area contributed by atoms with E-state index in [2.05, 4.69) is 10.1 Å². The second-order valence-electron chi connectivity index (χ2n) is 3.31. The highest BCUT2D eigenvalue weighted by molar-refractivity contribution is 4.86. The average Bonchev–Trinajstić information content (AvgIpc) is 2.65. The number of aromatic nitrogens is 2. The lowest BCUT2D eigenvalue weighted by Crippen LogP contribution is -2.31. The predicted molar refractivity (Wildman–Crippen MR) is 52.0 cm³/mol. The fourth-order valence-corrected chi connectivity index (χ4v) is 1.27. The minimum absolute atomic E-state index is 0.161. The normalized spacial score (nSPS) is 11.6. The van der Waals surface area contributed by atoms with Crippen molar-refractivity contribution in [1.82, 2.24) is 15.0 Å². The molecule has 0 radical (unpaired) electrons. The molecule has 0 atom stereocenters. The molecule has 7 heteroatoms. The molecule has 5 nitrogen and oxygen atoms in total. The molecule has 0 bridgehead atoms. The Labute approximate surface area is 92.1 Å². The van der Waals surface area contributed by atoms with E-state index in [4.69, 9.17) is 9.63 Å². The van der Waals surface area contributed by atoms with Gasteiger partial charge >= 0.3 is 0 Å². The molecule has 0 aliphatic carbocycles. The van der Waals surface area contributed by atoms with Gasteiger partial charge < -0.3 is 9.63 Å². The number of halogens is 2. The van der Waals surface area contributed by atoms with Crippen LogP contribution in [0.25, 0.3) is 0 Å². The largest absolute Gasteiger partial charge is 0.395 e. The van der Waals surface area contributed by atoms with Gasteiger partial charge in [0.25, 0.3) is 6.43 Å². The summed E-state index contributed by atoms with van der Waals surface area (Å²) in [6, 6.07) is 0. The first kappa shape index (κ1) is 13.0. The SMILES string of the molecule is CCc1nc(CN(CCO)CC(F)F)no1. The second-order valence-corrected chi connectivity index (χ2v) is 3.31. The standard InChI is InChI=1S/C9H15F2N3O2/c1-2-9-12-8(13-16-9)6-14(3-4-15)5-7(10)11/h7,15H,2-6H2,1H3. The number of rotatable bonds is 7. The highest BCUT2D eigenvalue weighted by Crippen LogP contribution is 2.05. The van der Waals surface area contributed by atoms with Crippen LogP contribution in [0.4, 0.5) is 8.78 Å². The molecule has 0 spiro atoms. The smallest absolute Gasteiger partial charge is 0.251 e. The van der Waals surface area contributed by atoms with Crippen molar-refractivity contribution in [3.05, 3.63) is 11.7 Å². The van der Waals surface area contributed by atoms with Crippen molar-refractivity contribution >= 4 is 0 Å². The minimum atomic E-state index is -2.44. The number of hydrogen-bond donors (Lipinski definition) is 1. The van der Waals surface area contributed by atoms with Crippen LogP contribution in [0, 0.1) is 0 Å². The molecule has 0 aliphatic heterocycles. The van der Waals surface area contributed by atoms with Crippen LogP contribution in [0.15, 0.2) is 4.52 Å². The summed E-state index contributed by atoms with van der Waals surface area (Å²) < 4.78 is 29.2. The van der Waals surface area contributed by atoms with Gasteiger partial charge in [-0.25, -0.2) is 8.78 Å². The number of aliphatic hydroxyl groups excluding tert-OH is 1. The molecule has 1 heterocycles. The Balaban J connectivity index is 2.52. The van der Waals surface area contributed by atoms with Crippen LogP contribution in [0.5, 0.6) is 0 Å². The first-order valence-electron chi connectivity index (χ1n) is 5.08. The third-order valence-electron chi connectivity index (χ3n) is 1.99. The Bertz CT molecular complexity index is 307. The molecule has 1 aromatic heterocycles. The third-order valence-corrected chi connectivity index (χ3v) is 1.99. The molecule has 0 aliphatic rings. The predicted octanol–water partition coefficient (Wildman–Crippen LogP) is 0.691. The third kappa shape index (κ3) is 4.19. The van der Waals surface area contributed by atoms with Crippen molar-refractivity contribution in [2.75, 3.05) is 19.7 Å². The van der Waals surface area contributed by atoms with Gasteiger partial charge in [0.15, 0.2) is 5.82 Å². The van der Waals surface area contributed by atoms with Crippen molar-refractivity contribution in [3.8, 4) is 0 Å². The lowest BCUT2D eigenvalue weighted by atomic mass is 10.4. The summed E-state index contributed by atoms with van der Waals surface area (Å²) in [5.74, 6) is 0.849. The number of aryl methyl sites for hydroxylation is 1. The van der Waals surface area contributed by atoms with Gasteiger partial charge in [0.2, 0.25) is 5.89 Å². The van der Waals surface area contributed by atoms with Crippen LogP contribution in [0.2, 0.25) is 0 Å². The van der Waals surface area contributed by atoms with Gasteiger partial charge in [0, 0.05) is 13.0 Å². The number of hydrogen-bond acceptors (Lipinski definition) is 5. The lowest BCUT2D eigenvalue weighted by molar-refractivity contribution is 0.0729. The van der Waals surface area contributed by atoms with Crippen molar-refractivity contribution in [3.63, 3.8) is 0 Å². The Morgan fingerprint density at radius 1 is 1.50 bits per heavy atom.